The molecule has 1 aliphatic rings. The summed E-state index contributed by atoms with van der Waals surface area (Å²) in [6.45, 7) is 0.539. The van der Waals surface area contributed by atoms with Crippen molar-refractivity contribution in [2.24, 2.45) is 0 Å². The lowest BCUT2D eigenvalue weighted by Crippen LogP contribution is -2.50. The zero-order valence-electron chi connectivity index (χ0n) is 11.7. The van der Waals surface area contributed by atoms with Crippen LogP contribution in [0.15, 0.2) is 34.5 Å². The van der Waals surface area contributed by atoms with Gasteiger partial charge in [-0.15, -0.1) is 0 Å². The molecule has 22 heavy (non-hydrogen) atoms. The third kappa shape index (κ3) is 2.90. The van der Waals surface area contributed by atoms with E-state index in [1.54, 1.807) is 24.5 Å². The van der Waals surface area contributed by atoms with E-state index in [1.807, 2.05) is 11.9 Å². The van der Waals surface area contributed by atoms with Crippen molar-refractivity contribution in [3.63, 3.8) is 0 Å². The molecule has 1 saturated heterocycles. The number of halogens is 1. The van der Waals surface area contributed by atoms with Gasteiger partial charge in [0.2, 0.25) is 0 Å². The molecule has 2 aromatic rings. The third-order valence-electron chi connectivity index (χ3n) is 3.31. The van der Waals surface area contributed by atoms with Gasteiger partial charge in [0.1, 0.15) is 6.67 Å². The normalized spacial score (nSPS) is 25.3. The second kappa shape index (κ2) is 6.01. The van der Waals surface area contributed by atoms with Crippen LogP contribution in [0, 0.1) is 5.21 Å². The number of esters is 1. The molecule has 0 spiro atoms. The maximum atomic E-state index is 13.2. The van der Waals surface area contributed by atoms with Crippen LogP contribution < -0.4 is 4.65 Å². The van der Waals surface area contributed by atoms with E-state index in [9.17, 15) is 10.0 Å². The maximum Gasteiger partial charge on any atom is 0.344 e. The number of carbonyl (C=O) groups is 1. The Morgan fingerprint density at radius 2 is 2.41 bits per heavy atom. The fourth-order valence-electron chi connectivity index (χ4n) is 2.31. The molecule has 7 nitrogen and oxygen atoms in total. The lowest BCUT2D eigenvalue weighted by Gasteiger charge is -2.38. The van der Waals surface area contributed by atoms with Crippen molar-refractivity contribution in [1.82, 2.24) is 19.5 Å². The highest BCUT2D eigenvalue weighted by molar-refractivity contribution is 9.11. The average Bonchev–Trinajstić information content (AvgIpc) is 3.05. The molecular weight excluding hydrogens is 372 g/mol. The second-order valence-electron chi connectivity index (χ2n) is 5.02. The van der Waals surface area contributed by atoms with Gasteiger partial charge in [-0.05, 0) is 46.4 Å². The van der Waals surface area contributed by atoms with Gasteiger partial charge in [-0.3, -0.25) is 9.63 Å². The van der Waals surface area contributed by atoms with Gasteiger partial charge < -0.3 is 9.94 Å². The Morgan fingerprint density at radius 3 is 3.05 bits per heavy atom. The Bertz CT molecular complexity index is 683. The van der Waals surface area contributed by atoms with Gasteiger partial charge in [0.25, 0.3) is 11.4 Å². The molecule has 2 aromatic heterocycles. The number of pyridine rings is 1. The Balaban J connectivity index is 1.84. The topological polar surface area (TPSA) is 78.4 Å². The number of thiazole rings is 1. The van der Waals surface area contributed by atoms with Crippen LogP contribution in [0.3, 0.4) is 0 Å². The molecule has 9 heteroatoms. The summed E-state index contributed by atoms with van der Waals surface area (Å²) in [7, 11) is 1.81. The molecule has 3 rings (SSSR count). The van der Waals surface area contributed by atoms with E-state index in [1.165, 1.54) is 17.5 Å². The monoisotopic (exact) mass is 384 g/mol. The number of hydrogen-bond acceptors (Lipinski definition) is 7. The highest BCUT2D eigenvalue weighted by atomic mass is 79.9. The predicted octanol–water partition coefficient (Wildman–Crippen LogP) is 2.19. The molecule has 2 atom stereocenters. The number of aromatic nitrogens is 2. The minimum absolute atomic E-state index is 0.185. The van der Waals surface area contributed by atoms with E-state index in [0.29, 0.717) is 17.2 Å². The van der Waals surface area contributed by atoms with Crippen molar-refractivity contribution in [1.29, 1.82) is 0 Å². The van der Waals surface area contributed by atoms with Crippen molar-refractivity contribution in [3.05, 3.63) is 45.3 Å². The van der Waals surface area contributed by atoms with Gasteiger partial charge in [-0.1, -0.05) is 0 Å². The lowest BCUT2D eigenvalue weighted by molar-refractivity contribution is 0.00566. The van der Waals surface area contributed by atoms with Gasteiger partial charge in [-0.2, -0.15) is 4.98 Å². The molecule has 0 amide bonds. The summed E-state index contributed by atoms with van der Waals surface area (Å²) < 4.78 is 5.41. The zero-order chi connectivity index (χ0) is 15.7. The summed E-state index contributed by atoms with van der Waals surface area (Å²) in [5.41, 5.74) is 0.323. The van der Waals surface area contributed by atoms with E-state index in [4.69, 9.17) is 4.74 Å². The molecule has 3 heterocycles. The van der Waals surface area contributed by atoms with Crippen LogP contribution in [-0.4, -0.2) is 47.3 Å². The van der Waals surface area contributed by atoms with Crippen molar-refractivity contribution < 1.29 is 9.53 Å². The van der Waals surface area contributed by atoms with Crippen LogP contribution in [0.5, 0.6) is 0 Å². The fraction of sp³-hybridized carbons (Fsp3) is 0.308. The highest BCUT2D eigenvalue weighted by Gasteiger charge is 2.44. The molecule has 0 radical (unpaired) electrons. The molecule has 116 valence electrons. The van der Waals surface area contributed by atoms with Gasteiger partial charge in [-0.25, -0.2) is 9.69 Å². The molecule has 1 aliphatic heterocycles. The summed E-state index contributed by atoms with van der Waals surface area (Å²) in [6.07, 6.45) is 3.72. The summed E-state index contributed by atoms with van der Waals surface area (Å²) in [5, 5.41) is 13.5. The van der Waals surface area contributed by atoms with E-state index in [-0.39, 0.29) is 6.67 Å². The lowest BCUT2D eigenvalue weighted by atomic mass is 10.3. The Labute approximate surface area is 139 Å². The van der Waals surface area contributed by atoms with E-state index >= 15 is 0 Å². The summed E-state index contributed by atoms with van der Waals surface area (Å²) in [4.78, 5) is 22.0. The smallest absolute Gasteiger partial charge is 0.344 e. The number of hydrogen-bond donors (Lipinski definition) is 0. The van der Waals surface area contributed by atoms with E-state index in [0.717, 1.165) is 3.79 Å². The number of rotatable bonds is 3. The second-order valence-corrected chi connectivity index (χ2v) is 7.41. The van der Waals surface area contributed by atoms with Crippen molar-refractivity contribution in [2.75, 3.05) is 20.3 Å². The Morgan fingerprint density at radius 1 is 1.59 bits per heavy atom. The quantitative estimate of drug-likeness (QED) is 0.458. The highest BCUT2D eigenvalue weighted by Crippen LogP contribution is 2.36. The van der Waals surface area contributed by atoms with Crippen LogP contribution >= 0.6 is 27.3 Å². The largest absolute Gasteiger partial charge is 0.622 e. The van der Waals surface area contributed by atoms with Crippen molar-refractivity contribution in [3.8, 4) is 0 Å². The Hall–Kier alpha value is -1.39. The SMILES string of the molecule is CN1CC(OC(=O)c2cccnc2)[N+]([O-])(c2ncc(Br)s2)C1. The Kier molecular flexibility index (Phi) is 4.24. The summed E-state index contributed by atoms with van der Waals surface area (Å²) in [5.74, 6) is -0.553. The number of carbonyl (C=O) groups excluding carboxylic acids is 1. The predicted molar refractivity (Wildman–Crippen MR) is 85.9 cm³/mol. The summed E-state index contributed by atoms with van der Waals surface area (Å²) >= 11 is 4.55. The van der Waals surface area contributed by atoms with Gasteiger partial charge in [0, 0.05) is 12.4 Å². The van der Waals surface area contributed by atoms with Crippen LogP contribution in [-0.2, 0) is 4.74 Å². The molecule has 2 unspecified atom stereocenters. The molecule has 0 aliphatic carbocycles. The first-order valence-corrected chi connectivity index (χ1v) is 8.10. The van der Waals surface area contributed by atoms with Crippen molar-refractivity contribution >= 4 is 38.4 Å². The zero-order valence-corrected chi connectivity index (χ0v) is 14.1. The van der Waals surface area contributed by atoms with Crippen molar-refractivity contribution in [2.45, 2.75) is 6.23 Å². The first-order chi connectivity index (χ1) is 10.5. The van der Waals surface area contributed by atoms with Gasteiger partial charge in [0.15, 0.2) is 0 Å². The molecule has 0 N–H and O–H groups in total. The third-order valence-corrected chi connectivity index (χ3v) is 4.90. The molecule has 0 bridgehead atoms. The standard InChI is InChI=1S/C13H13BrN4O3S/c1-17-7-11(21-12(19)9-3-2-4-15-5-9)18(20,8-17)13-16-6-10(14)22-13/h2-6,11H,7-8H2,1H3. The number of hydroxylamine groups is 2. The maximum absolute atomic E-state index is 13.2. The van der Waals surface area contributed by atoms with Gasteiger partial charge in [0.05, 0.1) is 22.1 Å². The number of likely N-dealkylation sites (N-methyl/N-ethyl adjacent to an activating group) is 1. The van der Waals surface area contributed by atoms with Crippen LogP contribution in [0.25, 0.3) is 0 Å². The molecule has 0 saturated carbocycles. The first-order valence-electron chi connectivity index (χ1n) is 6.49. The molecule has 1 fully saturated rings. The van der Waals surface area contributed by atoms with Crippen LogP contribution in [0.1, 0.15) is 10.4 Å². The number of nitrogens with zero attached hydrogens (tertiary/aromatic N) is 4. The minimum atomic E-state index is -0.851. The molecule has 0 aromatic carbocycles. The number of ether oxygens (including phenoxy) is 1. The fourth-order valence-corrected chi connectivity index (χ4v) is 3.56. The number of quaternary nitrogens is 1. The van der Waals surface area contributed by atoms with Crippen LogP contribution in [0.2, 0.25) is 0 Å². The van der Waals surface area contributed by atoms with Crippen LogP contribution in [0.4, 0.5) is 5.13 Å². The van der Waals surface area contributed by atoms with E-state index < -0.39 is 16.8 Å². The minimum Gasteiger partial charge on any atom is -0.622 e. The average molecular weight is 385 g/mol. The molecular formula is C13H13BrN4O3S. The summed E-state index contributed by atoms with van der Waals surface area (Å²) in [6, 6.07) is 3.25. The van der Waals surface area contributed by atoms with E-state index in [2.05, 4.69) is 25.9 Å². The first kappa shape index (κ1) is 15.5. The van der Waals surface area contributed by atoms with Gasteiger partial charge >= 0.3 is 5.97 Å².